The van der Waals surface area contributed by atoms with Crippen molar-refractivity contribution < 1.29 is 13.2 Å². The Bertz CT molecular complexity index is 170. The lowest BCUT2D eigenvalue weighted by molar-refractivity contribution is -0.126. The third-order valence-corrected chi connectivity index (χ3v) is 2.54. The fraction of sp³-hybridized carbons (Fsp3) is 1.00. The summed E-state index contributed by atoms with van der Waals surface area (Å²) in [5.74, 6) is 0. The molecule has 1 saturated heterocycles. The third kappa shape index (κ3) is 4.81. The molecule has 84 valence electrons. The van der Waals surface area contributed by atoms with Gasteiger partial charge in [-0.1, -0.05) is 0 Å². The van der Waals surface area contributed by atoms with Gasteiger partial charge in [-0.15, -0.1) is 0 Å². The average Bonchev–Trinajstić information content (AvgIpc) is 2.25. The van der Waals surface area contributed by atoms with Crippen molar-refractivity contribution in [3.8, 4) is 0 Å². The molecular formula is C9H17F3N2. The standard InChI is InChI=1S/C9H17F3N2/c1-14-5-2-3-8(4-6-14)13-7-9(10,11)12/h8,13H,2-7H2,1H3. The van der Waals surface area contributed by atoms with Crippen LogP contribution in [0.4, 0.5) is 13.2 Å². The van der Waals surface area contributed by atoms with E-state index in [1.54, 1.807) is 0 Å². The first kappa shape index (κ1) is 11.8. The van der Waals surface area contributed by atoms with Crippen molar-refractivity contribution in [3.63, 3.8) is 0 Å². The van der Waals surface area contributed by atoms with Gasteiger partial charge in [0, 0.05) is 6.04 Å². The summed E-state index contributed by atoms with van der Waals surface area (Å²) in [4.78, 5) is 2.16. The van der Waals surface area contributed by atoms with Crippen molar-refractivity contribution in [2.45, 2.75) is 31.5 Å². The molecule has 0 aliphatic carbocycles. The van der Waals surface area contributed by atoms with Crippen molar-refractivity contribution in [2.24, 2.45) is 0 Å². The molecule has 1 atom stereocenters. The van der Waals surface area contributed by atoms with Crippen LogP contribution in [0.1, 0.15) is 19.3 Å². The summed E-state index contributed by atoms with van der Waals surface area (Å²) in [7, 11) is 2.01. The Morgan fingerprint density at radius 2 is 2.00 bits per heavy atom. The Hall–Kier alpha value is -0.290. The molecule has 0 bridgehead atoms. The molecule has 0 aromatic rings. The number of hydrogen-bond acceptors (Lipinski definition) is 2. The predicted octanol–water partition coefficient (Wildman–Crippen LogP) is 1.62. The van der Waals surface area contributed by atoms with Crippen LogP contribution < -0.4 is 5.32 Å². The van der Waals surface area contributed by atoms with Gasteiger partial charge in [-0.3, -0.25) is 0 Å². The van der Waals surface area contributed by atoms with Crippen LogP contribution >= 0.6 is 0 Å². The lowest BCUT2D eigenvalue weighted by Crippen LogP contribution is -2.37. The monoisotopic (exact) mass is 210 g/mol. The van der Waals surface area contributed by atoms with Crippen molar-refractivity contribution in [1.82, 2.24) is 10.2 Å². The predicted molar refractivity (Wildman–Crippen MR) is 49.2 cm³/mol. The van der Waals surface area contributed by atoms with Crippen molar-refractivity contribution in [2.75, 3.05) is 26.7 Å². The second-order valence-corrected chi connectivity index (χ2v) is 3.93. The molecule has 0 spiro atoms. The van der Waals surface area contributed by atoms with Crippen LogP contribution in [-0.4, -0.2) is 43.8 Å². The summed E-state index contributed by atoms with van der Waals surface area (Å²) in [6, 6.07) is 0.0292. The Morgan fingerprint density at radius 1 is 1.29 bits per heavy atom. The Labute approximate surface area is 82.5 Å². The molecular weight excluding hydrogens is 193 g/mol. The molecule has 1 aliphatic rings. The van der Waals surface area contributed by atoms with Crippen LogP contribution in [0.15, 0.2) is 0 Å². The maximum absolute atomic E-state index is 11.9. The van der Waals surface area contributed by atoms with Gasteiger partial charge in [0.1, 0.15) is 0 Å². The van der Waals surface area contributed by atoms with E-state index in [4.69, 9.17) is 0 Å². The number of likely N-dealkylation sites (tertiary alicyclic amines) is 1. The van der Waals surface area contributed by atoms with E-state index in [-0.39, 0.29) is 6.04 Å². The first-order valence-electron chi connectivity index (χ1n) is 4.96. The maximum Gasteiger partial charge on any atom is 0.401 e. The summed E-state index contributed by atoms with van der Waals surface area (Å²) in [5, 5.41) is 2.57. The number of halogens is 3. The lowest BCUT2D eigenvalue weighted by Gasteiger charge is -2.17. The summed E-state index contributed by atoms with van der Waals surface area (Å²) >= 11 is 0. The van der Waals surface area contributed by atoms with Gasteiger partial charge in [0.15, 0.2) is 0 Å². The SMILES string of the molecule is CN1CCCC(NCC(F)(F)F)CC1. The Kier molecular flexibility index (Phi) is 4.19. The average molecular weight is 210 g/mol. The van der Waals surface area contributed by atoms with E-state index in [2.05, 4.69) is 10.2 Å². The number of nitrogens with one attached hydrogen (secondary N) is 1. The highest BCUT2D eigenvalue weighted by Crippen LogP contribution is 2.15. The molecule has 2 nitrogen and oxygen atoms in total. The van der Waals surface area contributed by atoms with E-state index >= 15 is 0 Å². The van der Waals surface area contributed by atoms with Crippen LogP contribution in [0, 0.1) is 0 Å². The van der Waals surface area contributed by atoms with Crippen LogP contribution in [0.3, 0.4) is 0 Å². The Morgan fingerprint density at radius 3 is 2.64 bits per heavy atom. The van der Waals surface area contributed by atoms with Gasteiger partial charge in [-0.2, -0.15) is 13.2 Å². The van der Waals surface area contributed by atoms with Gasteiger partial charge >= 0.3 is 6.18 Å². The van der Waals surface area contributed by atoms with Crippen LogP contribution in [0.25, 0.3) is 0 Å². The van der Waals surface area contributed by atoms with Crippen LogP contribution in [0.5, 0.6) is 0 Å². The fourth-order valence-corrected chi connectivity index (χ4v) is 1.70. The highest BCUT2D eigenvalue weighted by atomic mass is 19.4. The zero-order valence-electron chi connectivity index (χ0n) is 8.40. The zero-order valence-corrected chi connectivity index (χ0v) is 8.40. The minimum atomic E-state index is -4.09. The van der Waals surface area contributed by atoms with E-state index < -0.39 is 12.7 Å². The molecule has 0 radical (unpaired) electrons. The molecule has 1 aliphatic heterocycles. The van der Waals surface area contributed by atoms with Gasteiger partial charge < -0.3 is 10.2 Å². The molecule has 1 heterocycles. The van der Waals surface area contributed by atoms with Gasteiger partial charge in [-0.05, 0) is 39.4 Å². The molecule has 0 saturated carbocycles. The lowest BCUT2D eigenvalue weighted by atomic mass is 10.1. The van der Waals surface area contributed by atoms with Crippen molar-refractivity contribution in [1.29, 1.82) is 0 Å². The molecule has 5 heteroatoms. The third-order valence-electron chi connectivity index (χ3n) is 2.54. The Balaban J connectivity index is 2.24. The fourth-order valence-electron chi connectivity index (χ4n) is 1.70. The van der Waals surface area contributed by atoms with Crippen molar-refractivity contribution >= 4 is 0 Å². The van der Waals surface area contributed by atoms with Gasteiger partial charge in [0.05, 0.1) is 6.54 Å². The molecule has 0 amide bonds. The summed E-state index contributed by atoms with van der Waals surface area (Å²) in [6.45, 7) is 1.01. The van der Waals surface area contributed by atoms with Crippen molar-refractivity contribution in [3.05, 3.63) is 0 Å². The zero-order chi connectivity index (χ0) is 10.6. The van der Waals surface area contributed by atoms with E-state index in [0.717, 1.165) is 32.4 Å². The number of alkyl halides is 3. The molecule has 14 heavy (non-hydrogen) atoms. The van der Waals surface area contributed by atoms with Gasteiger partial charge in [-0.25, -0.2) is 0 Å². The first-order valence-corrected chi connectivity index (χ1v) is 4.96. The number of nitrogens with zero attached hydrogens (tertiary/aromatic N) is 1. The quantitative estimate of drug-likeness (QED) is 0.745. The van der Waals surface area contributed by atoms with E-state index in [1.165, 1.54) is 0 Å². The van der Waals surface area contributed by atoms with Crippen LogP contribution in [0.2, 0.25) is 0 Å². The molecule has 1 unspecified atom stereocenters. The van der Waals surface area contributed by atoms with Crippen LogP contribution in [-0.2, 0) is 0 Å². The smallest absolute Gasteiger partial charge is 0.306 e. The minimum Gasteiger partial charge on any atom is -0.306 e. The minimum absolute atomic E-state index is 0.0292. The first-order chi connectivity index (χ1) is 6.47. The van der Waals surface area contributed by atoms with E-state index in [0.29, 0.717) is 0 Å². The second-order valence-electron chi connectivity index (χ2n) is 3.93. The molecule has 0 aromatic heterocycles. The highest BCUT2D eigenvalue weighted by molar-refractivity contribution is 4.74. The van der Waals surface area contributed by atoms with E-state index in [1.807, 2.05) is 7.05 Å². The molecule has 1 N–H and O–H groups in total. The summed E-state index contributed by atoms with van der Waals surface area (Å²) in [6.07, 6.45) is -1.45. The molecule has 1 rings (SSSR count). The number of rotatable bonds is 2. The molecule has 0 aromatic carbocycles. The normalized spacial score (nSPS) is 26.1. The topological polar surface area (TPSA) is 15.3 Å². The summed E-state index contributed by atoms with van der Waals surface area (Å²) in [5.41, 5.74) is 0. The summed E-state index contributed by atoms with van der Waals surface area (Å²) < 4.78 is 35.7. The highest BCUT2D eigenvalue weighted by Gasteiger charge is 2.28. The van der Waals surface area contributed by atoms with Gasteiger partial charge in [0.2, 0.25) is 0 Å². The molecule has 1 fully saturated rings. The largest absolute Gasteiger partial charge is 0.401 e. The second kappa shape index (κ2) is 4.98. The maximum atomic E-state index is 11.9. The van der Waals surface area contributed by atoms with E-state index in [9.17, 15) is 13.2 Å². The number of hydrogen-bond donors (Lipinski definition) is 1. The van der Waals surface area contributed by atoms with Gasteiger partial charge in [0.25, 0.3) is 0 Å².